The molecule has 0 unspecified atom stereocenters. The van der Waals surface area contributed by atoms with Crippen LogP contribution in [-0.4, -0.2) is 70.6 Å². The lowest BCUT2D eigenvalue weighted by Gasteiger charge is -2.26. The van der Waals surface area contributed by atoms with E-state index >= 15 is 0 Å². The van der Waals surface area contributed by atoms with Gasteiger partial charge in [-0.05, 0) is 101 Å². The van der Waals surface area contributed by atoms with Crippen LogP contribution in [0, 0.1) is 0 Å². The van der Waals surface area contributed by atoms with Gasteiger partial charge in [-0.3, -0.25) is 4.79 Å². The highest BCUT2D eigenvalue weighted by Crippen LogP contribution is 2.23. The highest BCUT2D eigenvalue weighted by Gasteiger charge is 2.17. The molecule has 4 rings (SSSR count). The van der Waals surface area contributed by atoms with Gasteiger partial charge >= 0.3 is 6.09 Å². The first-order valence-electron chi connectivity index (χ1n) is 17.1. The maximum Gasteiger partial charge on any atom is 0.412 e. The van der Waals surface area contributed by atoms with Crippen LogP contribution in [0.1, 0.15) is 107 Å². The summed E-state index contributed by atoms with van der Waals surface area (Å²) >= 11 is 0. The number of amides is 2. The van der Waals surface area contributed by atoms with Gasteiger partial charge < -0.3 is 24.4 Å². The zero-order chi connectivity index (χ0) is 31.1. The smallest absolute Gasteiger partial charge is 0.410 e. The highest BCUT2D eigenvalue weighted by atomic mass is 16.6. The molecule has 1 N–H and O–H groups in total. The Kier molecular flexibility index (Phi) is 13.5. The molecule has 0 spiro atoms. The molecule has 1 fully saturated rings. The number of likely N-dealkylation sites (tertiary alicyclic amines) is 1. The Labute approximate surface area is 264 Å². The second-order valence-corrected chi connectivity index (χ2v) is 12.0. The van der Waals surface area contributed by atoms with E-state index < -0.39 is 6.09 Å². The van der Waals surface area contributed by atoms with Gasteiger partial charge in [0.1, 0.15) is 11.6 Å². The number of carbonyl (C=O) groups excluding carboxylic acids is 2. The monoisotopic (exact) mass is 603 g/mol. The quantitative estimate of drug-likeness (QED) is 0.162. The fraction of sp³-hybridized carbons (Fsp3) is 0.583. The van der Waals surface area contributed by atoms with Crippen molar-refractivity contribution >= 4 is 23.0 Å². The lowest BCUT2D eigenvalue weighted by atomic mass is 10.1. The van der Waals surface area contributed by atoms with Crippen molar-refractivity contribution in [3.05, 3.63) is 59.4 Å². The number of carbonyl (C=O) groups is 2. The summed E-state index contributed by atoms with van der Waals surface area (Å²) in [5.74, 6) is 1.56. The number of hydrogen-bond donors (Lipinski definition) is 1. The van der Waals surface area contributed by atoms with Crippen LogP contribution in [0.3, 0.4) is 0 Å². The molecule has 240 valence electrons. The SMILES string of the molecule is CCCCCCCNC(=O)Oc1ccc(Cc2nc3cc(C(=O)N(CC)CC)ccc3n2CCCCN2CCCCC2)cc1. The molecule has 44 heavy (non-hydrogen) atoms. The first-order valence-corrected chi connectivity index (χ1v) is 17.1. The molecule has 1 saturated heterocycles. The lowest BCUT2D eigenvalue weighted by molar-refractivity contribution is 0.0773. The van der Waals surface area contributed by atoms with Crippen molar-refractivity contribution < 1.29 is 14.3 Å². The van der Waals surface area contributed by atoms with Crippen molar-refractivity contribution in [3.8, 4) is 5.75 Å². The molecule has 2 heterocycles. The number of aromatic nitrogens is 2. The number of piperidine rings is 1. The number of unbranched alkanes of at least 4 members (excludes halogenated alkanes) is 5. The molecular formula is C36H53N5O3. The topological polar surface area (TPSA) is 79.7 Å². The van der Waals surface area contributed by atoms with E-state index in [4.69, 9.17) is 9.72 Å². The largest absolute Gasteiger partial charge is 0.412 e. The number of aryl methyl sites for hydroxylation is 1. The predicted octanol–water partition coefficient (Wildman–Crippen LogP) is 7.43. The summed E-state index contributed by atoms with van der Waals surface area (Å²) in [6.45, 7) is 12.7. The van der Waals surface area contributed by atoms with E-state index in [1.165, 1.54) is 51.6 Å². The minimum atomic E-state index is -0.408. The van der Waals surface area contributed by atoms with Crippen molar-refractivity contribution in [3.63, 3.8) is 0 Å². The Morgan fingerprint density at radius 2 is 1.59 bits per heavy atom. The van der Waals surface area contributed by atoms with E-state index in [2.05, 4.69) is 27.8 Å². The van der Waals surface area contributed by atoms with E-state index in [-0.39, 0.29) is 5.91 Å². The molecule has 1 aromatic heterocycles. The van der Waals surface area contributed by atoms with Gasteiger partial charge in [-0.2, -0.15) is 0 Å². The number of ether oxygens (including phenoxy) is 1. The summed E-state index contributed by atoms with van der Waals surface area (Å²) in [5.41, 5.74) is 3.71. The summed E-state index contributed by atoms with van der Waals surface area (Å²) in [6.07, 6.45) is 12.2. The summed E-state index contributed by atoms with van der Waals surface area (Å²) < 4.78 is 7.83. The molecular weight excluding hydrogens is 550 g/mol. The average Bonchev–Trinajstić information content (AvgIpc) is 3.38. The first-order chi connectivity index (χ1) is 21.5. The van der Waals surface area contributed by atoms with Crippen LogP contribution in [0.2, 0.25) is 0 Å². The van der Waals surface area contributed by atoms with E-state index in [0.29, 0.717) is 37.4 Å². The maximum absolute atomic E-state index is 13.1. The zero-order valence-electron chi connectivity index (χ0n) is 27.3. The number of rotatable bonds is 17. The second kappa shape index (κ2) is 17.8. The van der Waals surface area contributed by atoms with Crippen LogP contribution in [-0.2, 0) is 13.0 Å². The summed E-state index contributed by atoms with van der Waals surface area (Å²) in [5, 5.41) is 2.85. The molecule has 0 radical (unpaired) electrons. The van der Waals surface area contributed by atoms with Gasteiger partial charge in [0.05, 0.1) is 11.0 Å². The minimum absolute atomic E-state index is 0.0469. The molecule has 2 amide bonds. The van der Waals surface area contributed by atoms with Crippen LogP contribution >= 0.6 is 0 Å². The van der Waals surface area contributed by atoms with Gasteiger partial charge in [-0.1, -0.05) is 51.2 Å². The third-order valence-corrected chi connectivity index (χ3v) is 8.73. The molecule has 0 atom stereocenters. The fourth-order valence-corrected chi connectivity index (χ4v) is 6.10. The van der Waals surface area contributed by atoms with Gasteiger partial charge in [0, 0.05) is 38.2 Å². The van der Waals surface area contributed by atoms with Crippen molar-refractivity contribution in [1.82, 2.24) is 24.7 Å². The molecule has 1 aliphatic rings. The van der Waals surface area contributed by atoms with Crippen LogP contribution in [0.15, 0.2) is 42.5 Å². The number of imidazole rings is 1. The van der Waals surface area contributed by atoms with E-state index in [1.807, 2.05) is 55.1 Å². The van der Waals surface area contributed by atoms with Crippen molar-refractivity contribution in [2.45, 2.75) is 97.9 Å². The van der Waals surface area contributed by atoms with E-state index in [0.717, 1.165) is 61.2 Å². The maximum atomic E-state index is 13.1. The molecule has 0 aliphatic carbocycles. The third-order valence-electron chi connectivity index (χ3n) is 8.73. The van der Waals surface area contributed by atoms with Crippen LogP contribution in [0.4, 0.5) is 4.79 Å². The molecule has 8 heteroatoms. The Morgan fingerprint density at radius 1 is 0.864 bits per heavy atom. The fourth-order valence-electron chi connectivity index (χ4n) is 6.10. The first kappa shape index (κ1) is 33.5. The van der Waals surface area contributed by atoms with Gasteiger partial charge in [-0.25, -0.2) is 9.78 Å². The third kappa shape index (κ3) is 9.81. The van der Waals surface area contributed by atoms with Gasteiger partial charge in [0.25, 0.3) is 5.91 Å². The summed E-state index contributed by atoms with van der Waals surface area (Å²) in [4.78, 5) is 34.8. The van der Waals surface area contributed by atoms with Gasteiger partial charge in [0.2, 0.25) is 0 Å². The number of fused-ring (bicyclic) bond motifs is 1. The van der Waals surface area contributed by atoms with E-state index in [9.17, 15) is 9.59 Å². The van der Waals surface area contributed by atoms with Crippen LogP contribution in [0.5, 0.6) is 5.75 Å². The van der Waals surface area contributed by atoms with Gasteiger partial charge in [0.15, 0.2) is 0 Å². The van der Waals surface area contributed by atoms with Crippen LogP contribution in [0.25, 0.3) is 11.0 Å². The number of hydrogen-bond acceptors (Lipinski definition) is 5. The van der Waals surface area contributed by atoms with Crippen LogP contribution < -0.4 is 10.1 Å². The zero-order valence-corrected chi connectivity index (χ0v) is 27.3. The predicted molar refractivity (Wildman–Crippen MR) is 179 cm³/mol. The van der Waals surface area contributed by atoms with E-state index in [1.54, 1.807) is 0 Å². The molecule has 0 bridgehead atoms. The molecule has 2 aromatic carbocycles. The highest BCUT2D eigenvalue weighted by molar-refractivity contribution is 5.97. The number of benzene rings is 2. The number of nitrogens with one attached hydrogen (secondary N) is 1. The number of nitrogens with zero attached hydrogens (tertiary/aromatic N) is 4. The van der Waals surface area contributed by atoms with Crippen molar-refractivity contribution in [2.24, 2.45) is 0 Å². The Morgan fingerprint density at radius 3 is 2.32 bits per heavy atom. The normalized spacial score (nSPS) is 13.7. The van der Waals surface area contributed by atoms with Crippen molar-refractivity contribution in [2.75, 3.05) is 39.3 Å². The molecule has 0 saturated carbocycles. The lowest BCUT2D eigenvalue weighted by Crippen LogP contribution is -2.30. The van der Waals surface area contributed by atoms with Crippen molar-refractivity contribution in [1.29, 1.82) is 0 Å². The second-order valence-electron chi connectivity index (χ2n) is 12.0. The Balaban J connectivity index is 1.42. The molecule has 3 aromatic rings. The molecule has 8 nitrogen and oxygen atoms in total. The average molecular weight is 604 g/mol. The summed E-state index contributed by atoms with van der Waals surface area (Å²) in [6, 6.07) is 13.7. The standard InChI is InChI=1S/C36H53N5O3/c1-4-7-8-9-11-22-37-36(43)44-31-19-16-29(17-20-31)27-34-38-32-28-30(35(42)40(5-2)6-3)18-21-33(32)41(34)26-15-14-25-39-23-12-10-13-24-39/h16-21,28H,4-15,22-27H2,1-3H3,(H,37,43). The Bertz CT molecular complexity index is 1310. The van der Waals surface area contributed by atoms with Gasteiger partial charge in [-0.15, -0.1) is 0 Å². The molecule has 1 aliphatic heterocycles. The minimum Gasteiger partial charge on any atom is -0.410 e. The Hall–Kier alpha value is -3.39. The summed E-state index contributed by atoms with van der Waals surface area (Å²) in [7, 11) is 0.